The van der Waals surface area contributed by atoms with Crippen LogP contribution < -0.4 is 18.9 Å². The van der Waals surface area contributed by atoms with Crippen LogP contribution in [-0.4, -0.2) is 41.2 Å². The van der Waals surface area contributed by atoms with Crippen molar-refractivity contribution in [2.75, 3.05) is 7.05 Å². The van der Waals surface area contributed by atoms with Crippen LogP contribution in [0.1, 0.15) is 61.8 Å². The van der Waals surface area contributed by atoms with Gasteiger partial charge in [-0.2, -0.15) is 0 Å². The van der Waals surface area contributed by atoms with Crippen LogP contribution in [0, 0.1) is 0 Å². The van der Waals surface area contributed by atoms with Crippen LogP contribution in [0.4, 0.5) is 8.78 Å². The molecule has 1 heterocycles. The Morgan fingerprint density at radius 1 is 0.860 bits per heavy atom. The van der Waals surface area contributed by atoms with Gasteiger partial charge >= 0.3 is 6.29 Å². The highest BCUT2D eigenvalue weighted by Gasteiger charge is 2.43. The van der Waals surface area contributed by atoms with Gasteiger partial charge in [0.25, 0.3) is 10.0 Å². The molecule has 1 aliphatic rings. The third-order valence-electron chi connectivity index (χ3n) is 6.95. The van der Waals surface area contributed by atoms with Crippen molar-refractivity contribution in [2.45, 2.75) is 68.6 Å². The van der Waals surface area contributed by atoms with Crippen LogP contribution in [0.5, 0.6) is 11.5 Å². The van der Waals surface area contributed by atoms with Crippen LogP contribution in [0.2, 0.25) is 0 Å². The van der Waals surface area contributed by atoms with Crippen molar-refractivity contribution in [1.29, 1.82) is 0 Å². The number of aliphatic hydroxyl groups excluding tert-OH is 1. The molecular formula is C29H32F2N2O8S2. The van der Waals surface area contributed by atoms with Crippen molar-refractivity contribution >= 4 is 26.0 Å². The van der Waals surface area contributed by atoms with E-state index in [-0.39, 0.29) is 40.2 Å². The van der Waals surface area contributed by atoms with Crippen LogP contribution in [0.25, 0.3) is 11.1 Å². The number of amides is 1. The highest BCUT2D eigenvalue weighted by Crippen LogP contribution is 2.44. The number of hydrogen-bond acceptors (Lipinski definition) is 8. The Balaban J connectivity index is 1.67. The smallest absolute Gasteiger partial charge is 0.395 e. The average Bonchev–Trinajstić information content (AvgIpc) is 3.24. The summed E-state index contributed by atoms with van der Waals surface area (Å²) >= 11 is 0. The van der Waals surface area contributed by atoms with Crippen LogP contribution in [0.3, 0.4) is 0 Å². The largest absolute Gasteiger partial charge is 0.586 e. The molecule has 232 valence electrons. The van der Waals surface area contributed by atoms with Gasteiger partial charge in [-0.3, -0.25) is 4.79 Å². The lowest BCUT2D eigenvalue weighted by Gasteiger charge is -2.22. The summed E-state index contributed by atoms with van der Waals surface area (Å²) in [5, 5.41) is 9.66. The molecule has 10 nitrogen and oxygen atoms in total. The average molecular weight is 639 g/mol. The number of rotatable bonds is 10. The first kappa shape index (κ1) is 32.3. The predicted octanol–water partition coefficient (Wildman–Crippen LogP) is 4.37. The van der Waals surface area contributed by atoms with Crippen LogP contribution in [0.15, 0.2) is 58.3 Å². The number of carbonyl (C=O) groups excluding carboxylic acids is 1. The molecule has 3 N–H and O–H groups in total. The van der Waals surface area contributed by atoms with E-state index in [2.05, 4.69) is 14.2 Å². The van der Waals surface area contributed by atoms with E-state index in [4.69, 9.17) is 0 Å². The topological polar surface area (TPSA) is 148 Å². The summed E-state index contributed by atoms with van der Waals surface area (Å²) in [7, 11) is -7.21. The Hall–Kier alpha value is -3.59. The summed E-state index contributed by atoms with van der Waals surface area (Å²) in [6.07, 6.45) is -4.04. The molecule has 0 fully saturated rings. The Morgan fingerprint density at radius 3 is 2.02 bits per heavy atom. The Kier molecular flexibility index (Phi) is 8.89. The predicted molar refractivity (Wildman–Crippen MR) is 154 cm³/mol. The summed E-state index contributed by atoms with van der Waals surface area (Å²) in [5.41, 5.74) is 3.28. The lowest BCUT2D eigenvalue weighted by atomic mass is 9.84. The fraction of sp³-hybridized carbons (Fsp3) is 0.345. The summed E-state index contributed by atoms with van der Waals surface area (Å²) in [4.78, 5) is 12.5. The highest BCUT2D eigenvalue weighted by molar-refractivity contribution is 7.90. The summed E-state index contributed by atoms with van der Waals surface area (Å²) < 4.78 is 91.0. The molecule has 0 radical (unpaired) electrons. The van der Waals surface area contributed by atoms with E-state index in [1.807, 2.05) is 44.5 Å². The second-order valence-corrected chi connectivity index (χ2v) is 14.1. The number of sulfonamides is 2. The first-order valence-electron chi connectivity index (χ1n) is 13.3. The van der Waals surface area contributed by atoms with E-state index in [1.54, 1.807) is 6.07 Å². The second kappa shape index (κ2) is 11.8. The highest BCUT2D eigenvalue weighted by atomic mass is 32.2. The minimum Gasteiger partial charge on any atom is -0.395 e. The zero-order valence-electron chi connectivity index (χ0n) is 24.1. The molecule has 1 aliphatic heterocycles. The van der Waals surface area contributed by atoms with Crippen molar-refractivity contribution in [1.82, 2.24) is 9.44 Å². The number of nitrogens with one attached hydrogen (secondary N) is 2. The molecule has 0 atom stereocenters. The number of fused-ring (bicyclic) bond motifs is 1. The number of halogens is 2. The molecule has 43 heavy (non-hydrogen) atoms. The normalized spacial score (nSPS) is 14.4. The van der Waals surface area contributed by atoms with Gasteiger partial charge in [0.15, 0.2) is 11.5 Å². The van der Waals surface area contributed by atoms with E-state index >= 15 is 0 Å². The third-order valence-corrected chi connectivity index (χ3v) is 9.84. The van der Waals surface area contributed by atoms with Gasteiger partial charge in [-0.15, -0.1) is 8.78 Å². The van der Waals surface area contributed by atoms with E-state index in [0.717, 1.165) is 29.3 Å². The number of aliphatic hydroxyl groups is 1. The second-order valence-electron chi connectivity index (χ2n) is 10.6. The van der Waals surface area contributed by atoms with Gasteiger partial charge in [0.2, 0.25) is 15.9 Å². The van der Waals surface area contributed by atoms with Crippen LogP contribution >= 0.6 is 0 Å². The fourth-order valence-electron chi connectivity index (χ4n) is 4.87. The standard InChI is InChI=1S/C29H32F2N2O8S2/c1-16(2)22-11-19(18-6-8-25-26(13-18)41-29(30,31)40-25)12-23(17(3)4)24(22)14-28(35)33-42(36,37)21-7-9-27(20(10-21)15-34)43(38,39)32-5/h6-13,16-17,32,34H,14-15H2,1-5H3,(H,33,35). The van der Waals surface area contributed by atoms with Gasteiger partial charge in [-0.25, -0.2) is 26.3 Å². The quantitative estimate of drug-likeness (QED) is 0.297. The van der Waals surface area contributed by atoms with Gasteiger partial charge in [-0.05, 0) is 82.6 Å². The zero-order chi connectivity index (χ0) is 31.9. The number of hydrogen-bond donors (Lipinski definition) is 3. The van der Waals surface area contributed by atoms with Gasteiger partial charge in [0, 0.05) is 0 Å². The molecule has 0 aliphatic carbocycles. The molecule has 0 spiro atoms. The lowest BCUT2D eigenvalue weighted by Crippen LogP contribution is -2.32. The minimum absolute atomic E-state index is 0.0826. The fourth-order valence-corrected chi connectivity index (χ4v) is 6.84. The van der Waals surface area contributed by atoms with Crippen molar-refractivity contribution in [3.8, 4) is 22.6 Å². The number of carbonyl (C=O) groups is 1. The van der Waals surface area contributed by atoms with Crippen molar-refractivity contribution in [3.63, 3.8) is 0 Å². The Bertz CT molecular complexity index is 1760. The third kappa shape index (κ3) is 6.82. The summed E-state index contributed by atoms with van der Waals surface area (Å²) in [6, 6.07) is 11.2. The van der Waals surface area contributed by atoms with Gasteiger partial charge in [0.1, 0.15) is 0 Å². The zero-order valence-corrected chi connectivity index (χ0v) is 25.7. The molecule has 1 amide bonds. The van der Waals surface area contributed by atoms with Crippen molar-refractivity contribution < 1.29 is 45.0 Å². The van der Waals surface area contributed by atoms with Gasteiger partial charge in [-0.1, -0.05) is 45.9 Å². The first-order chi connectivity index (χ1) is 20.0. The molecule has 0 unspecified atom stereocenters. The maximum absolute atomic E-state index is 13.6. The molecular weight excluding hydrogens is 606 g/mol. The van der Waals surface area contributed by atoms with Crippen molar-refractivity contribution in [3.05, 3.63) is 70.8 Å². The molecule has 4 rings (SSSR count). The van der Waals surface area contributed by atoms with Gasteiger partial charge in [0.05, 0.1) is 22.8 Å². The minimum atomic E-state index is -4.43. The maximum atomic E-state index is 13.6. The first-order valence-corrected chi connectivity index (χ1v) is 16.2. The molecule has 0 saturated heterocycles. The Labute approximate surface area is 249 Å². The molecule has 0 aromatic heterocycles. The molecule has 3 aromatic rings. The van der Waals surface area contributed by atoms with E-state index in [0.29, 0.717) is 16.7 Å². The number of benzene rings is 3. The molecule has 14 heteroatoms. The number of alkyl halides is 2. The SMILES string of the molecule is CNS(=O)(=O)c1ccc(S(=O)(=O)NC(=O)Cc2c(C(C)C)cc(-c3ccc4c(c3)OC(F)(F)O4)cc2C(C)C)cc1CO. The monoisotopic (exact) mass is 638 g/mol. The molecule has 0 saturated carbocycles. The summed E-state index contributed by atoms with van der Waals surface area (Å²) in [6.45, 7) is 6.91. The van der Waals surface area contributed by atoms with E-state index < -0.39 is 43.8 Å². The lowest BCUT2D eigenvalue weighted by molar-refractivity contribution is -0.286. The molecule has 3 aromatic carbocycles. The Morgan fingerprint density at radius 2 is 1.47 bits per heavy atom. The summed E-state index contributed by atoms with van der Waals surface area (Å²) in [5.74, 6) is -1.19. The van der Waals surface area contributed by atoms with Crippen molar-refractivity contribution in [2.24, 2.45) is 0 Å². The maximum Gasteiger partial charge on any atom is 0.586 e. The van der Waals surface area contributed by atoms with Gasteiger partial charge < -0.3 is 14.6 Å². The number of ether oxygens (including phenoxy) is 2. The van der Waals surface area contributed by atoms with Crippen LogP contribution in [-0.2, 0) is 37.9 Å². The molecule has 0 bridgehead atoms. The van der Waals surface area contributed by atoms with E-state index in [1.165, 1.54) is 19.2 Å². The van der Waals surface area contributed by atoms with E-state index in [9.17, 15) is 35.5 Å².